The first-order valence-electron chi connectivity index (χ1n) is 8.91. The Labute approximate surface area is 166 Å². The molecule has 2 aromatic carbocycles. The Kier molecular flexibility index (Phi) is 4.95. The highest BCUT2D eigenvalue weighted by molar-refractivity contribution is 7.12. The van der Waals surface area contributed by atoms with Crippen LogP contribution in [0.5, 0.6) is 0 Å². The Bertz CT molecular complexity index is 1130. The van der Waals surface area contributed by atoms with Crippen molar-refractivity contribution in [2.75, 3.05) is 11.4 Å². The molecule has 0 bridgehead atoms. The fourth-order valence-electron chi connectivity index (χ4n) is 3.21. The molecule has 5 nitrogen and oxygen atoms in total. The van der Waals surface area contributed by atoms with Gasteiger partial charge < -0.3 is 10.3 Å². The van der Waals surface area contributed by atoms with E-state index in [1.54, 1.807) is 11.0 Å². The van der Waals surface area contributed by atoms with E-state index >= 15 is 0 Å². The average molecular weight is 389 g/mol. The van der Waals surface area contributed by atoms with Crippen molar-refractivity contribution in [3.8, 4) is 0 Å². The summed E-state index contributed by atoms with van der Waals surface area (Å²) in [5, 5.41) is 5.52. The number of thiophene rings is 1. The number of carbonyl (C=O) groups is 2. The normalized spacial score (nSPS) is 10.8. The third-order valence-corrected chi connectivity index (χ3v) is 5.43. The monoisotopic (exact) mass is 389 g/mol. The lowest BCUT2D eigenvalue weighted by molar-refractivity contribution is -0.117. The Morgan fingerprint density at radius 2 is 1.82 bits per heavy atom. The maximum Gasteiger partial charge on any atom is 0.261 e. The fraction of sp³-hybridized carbons (Fsp3) is 0.0909. The SMILES string of the molecule is Cc1ccccc1N(C(=O)CNC(=O)c1cccs1)c1cccc2[nH]ccc12. The van der Waals surface area contributed by atoms with Crippen molar-refractivity contribution in [3.63, 3.8) is 0 Å². The van der Waals surface area contributed by atoms with Gasteiger partial charge in [0.1, 0.15) is 0 Å². The summed E-state index contributed by atoms with van der Waals surface area (Å²) >= 11 is 1.35. The molecule has 0 saturated heterocycles. The van der Waals surface area contributed by atoms with Crippen molar-refractivity contribution in [2.45, 2.75) is 6.92 Å². The van der Waals surface area contributed by atoms with Crippen LogP contribution < -0.4 is 10.2 Å². The van der Waals surface area contributed by atoms with Gasteiger partial charge in [-0.25, -0.2) is 0 Å². The number of fused-ring (bicyclic) bond motifs is 1. The largest absolute Gasteiger partial charge is 0.361 e. The van der Waals surface area contributed by atoms with Gasteiger partial charge in [0, 0.05) is 17.1 Å². The minimum atomic E-state index is -0.243. The first kappa shape index (κ1) is 18.0. The van der Waals surface area contributed by atoms with E-state index in [1.165, 1.54) is 11.3 Å². The number of aryl methyl sites for hydroxylation is 1. The fourth-order valence-corrected chi connectivity index (χ4v) is 3.85. The second kappa shape index (κ2) is 7.70. The molecule has 0 radical (unpaired) electrons. The molecular formula is C22H19N3O2S. The summed E-state index contributed by atoms with van der Waals surface area (Å²) in [4.78, 5) is 31.0. The predicted octanol–water partition coefficient (Wildman–Crippen LogP) is 4.63. The van der Waals surface area contributed by atoms with Crippen molar-refractivity contribution in [1.82, 2.24) is 10.3 Å². The summed E-state index contributed by atoms with van der Waals surface area (Å²) < 4.78 is 0. The summed E-state index contributed by atoms with van der Waals surface area (Å²) in [5.41, 5.74) is 3.51. The summed E-state index contributed by atoms with van der Waals surface area (Å²) in [6.07, 6.45) is 1.85. The number of carbonyl (C=O) groups excluding carboxylic acids is 2. The van der Waals surface area contributed by atoms with E-state index in [0.717, 1.165) is 27.8 Å². The van der Waals surface area contributed by atoms with Gasteiger partial charge in [-0.15, -0.1) is 11.3 Å². The van der Waals surface area contributed by atoms with Crippen LogP contribution in [0.25, 0.3) is 10.9 Å². The zero-order valence-electron chi connectivity index (χ0n) is 15.3. The zero-order valence-corrected chi connectivity index (χ0v) is 16.1. The Hall–Kier alpha value is -3.38. The minimum absolute atomic E-state index is 0.0914. The first-order valence-corrected chi connectivity index (χ1v) is 9.79. The van der Waals surface area contributed by atoms with Gasteiger partial charge in [-0.3, -0.25) is 14.5 Å². The topological polar surface area (TPSA) is 65.2 Å². The Morgan fingerprint density at radius 3 is 2.61 bits per heavy atom. The molecule has 0 aliphatic carbocycles. The lowest BCUT2D eigenvalue weighted by Crippen LogP contribution is -2.38. The second-order valence-electron chi connectivity index (χ2n) is 6.39. The predicted molar refractivity (Wildman–Crippen MR) is 113 cm³/mol. The number of amides is 2. The maximum atomic E-state index is 13.2. The molecule has 0 spiro atoms. The second-order valence-corrected chi connectivity index (χ2v) is 7.34. The standard InChI is InChI=1S/C22H19N3O2S/c1-15-6-2-3-8-18(15)25(19-9-4-7-17-16(19)11-12-23-17)21(26)14-24-22(27)20-10-5-13-28-20/h2-13,23H,14H2,1H3,(H,24,27). The number of H-pyrrole nitrogens is 1. The van der Waals surface area contributed by atoms with E-state index < -0.39 is 0 Å². The molecule has 0 atom stereocenters. The molecular weight excluding hydrogens is 370 g/mol. The third-order valence-electron chi connectivity index (χ3n) is 4.56. The summed E-state index contributed by atoms with van der Waals surface area (Å²) in [7, 11) is 0. The van der Waals surface area contributed by atoms with Crippen molar-refractivity contribution < 1.29 is 9.59 Å². The van der Waals surface area contributed by atoms with Crippen LogP contribution in [0.4, 0.5) is 11.4 Å². The first-order chi connectivity index (χ1) is 13.6. The molecule has 6 heteroatoms. The number of para-hydroxylation sites is 1. The number of rotatable bonds is 5. The van der Waals surface area contributed by atoms with E-state index in [2.05, 4.69) is 10.3 Å². The highest BCUT2D eigenvalue weighted by atomic mass is 32.1. The smallest absolute Gasteiger partial charge is 0.261 e. The Balaban J connectivity index is 1.69. The van der Waals surface area contributed by atoms with Crippen molar-refractivity contribution in [2.24, 2.45) is 0 Å². The number of nitrogens with one attached hydrogen (secondary N) is 2. The number of anilines is 2. The maximum absolute atomic E-state index is 13.2. The Morgan fingerprint density at radius 1 is 1.00 bits per heavy atom. The van der Waals surface area contributed by atoms with E-state index in [-0.39, 0.29) is 18.4 Å². The number of aromatic amines is 1. The number of hydrogen-bond acceptors (Lipinski definition) is 3. The molecule has 2 heterocycles. The molecule has 0 aliphatic heterocycles. The van der Waals surface area contributed by atoms with Crippen LogP contribution in [0.1, 0.15) is 15.2 Å². The molecule has 140 valence electrons. The molecule has 2 aromatic heterocycles. The molecule has 0 aliphatic rings. The average Bonchev–Trinajstić information content (AvgIpc) is 3.40. The lowest BCUT2D eigenvalue weighted by atomic mass is 10.1. The van der Waals surface area contributed by atoms with Crippen LogP contribution in [0.3, 0.4) is 0 Å². The van der Waals surface area contributed by atoms with Crippen LogP contribution in [0.2, 0.25) is 0 Å². The quantitative estimate of drug-likeness (QED) is 0.523. The number of benzene rings is 2. The van der Waals surface area contributed by atoms with E-state index in [4.69, 9.17) is 0 Å². The van der Waals surface area contributed by atoms with Gasteiger partial charge in [-0.2, -0.15) is 0 Å². The van der Waals surface area contributed by atoms with E-state index in [1.807, 2.05) is 73.1 Å². The van der Waals surface area contributed by atoms with E-state index in [0.29, 0.717) is 4.88 Å². The van der Waals surface area contributed by atoms with Gasteiger partial charge in [0.25, 0.3) is 11.8 Å². The molecule has 0 saturated carbocycles. The summed E-state index contributed by atoms with van der Waals surface area (Å²) in [6.45, 7) is 1.88. The van der Waals surface area contributed by atoms with Crippen LogP contribution in [0, 0.1) is 6.92 Å². The molecule has 4 rings (SSSR count). The molecule has 2 N–H and O–H groups in total. The van der Waals surface area contributed by atoms with Gasteiger partial charge in [0.15, 0.2) is 0 Å². The van der Waals surface area contributed by atoms with Gasteiger partial charge in [0.2, 0.25) is 0 Å². The molecule has 28 heavy (non-hydrogen) atoms. The third kappa shape index (κ3) is 3.42. The zero-order chi connectivity index (χ0) is 19.5. The number of nitrogens with zero attached hydrogens (tertiary/aromatic N) is 1. The molecule has 0 fully saturated rings. The molecule has 0 unspecified atom stereocenters. The van der Waals surface area contributed by atoms with Crippen molar-refractivity contribution >= 4 is 45.4 Å². The summed E-state index contributed by atoms with van der Waals surface area (Å²) in [5.74, 6) is -0.444. The van der Waals surface area contributed by atoms with Gasteiger partial charge in [0.05, 0.1) is 22.8 Å². The summed E-state index contributed by atoms with van der Waals surface area (Å²) in [6, 6.07) is 19.0. The van der Waals surface area contributed by atoms with Crippen LogP contribution in [-0.2, 0) is 4.79 Å². The van der Waals surface area contributed by atoms with Crippen LogP contribution in [0.15, 0.2) is 72.2 Å². The minimum Gasteiger partial charge on any atom is -0.361 e. The van der Waals surface area contributed by atoms with Crippen molar-refractivity contribution in [1.29, 1.82) is 0 Å². The van der Waals surface area contributed by atoms with Crippen LogP contribution in [-0.4, -0.2) is 23.3 Å². The van der Waals surface area contributed by atoms with Gasteiger partial charge in [-0.1, -0.05) is 30.3 Å². The molecule has 4 aromatic rings. The van der Waals surface area contributed by atoms with Gasteiger partial charge >= 0.3 is 0 Å². The number of hydrogen-bond donors (Lipinski definition) is 2. The molecule has 2 amide bonds. The van der Waals surface area contributed by atoms with E-state index in [9.17, 15) is 9.59 Å². The van der Waals surface area contributed by atoms with Crippen molar-refractivity contribution in [3.05, 3.63) is 82.7 Å². The highest BCUT2D eigenvalue weighted by Gasteiger charge is 2.22. The van der Waals surface area contributed by atoms with Gasteiger partial charge in [-0.05, 0) is 48.2 Å². The van der Waals surface area contributed by atoms with Crippen LogP contribution >= 0.6 is 11.3 Å². The lowest BCUT2D eigenvalue weighted by Gasteiger charge is -2.25. The number of aromatic nitrogens is 1. The highest BCUT2D eigenvalue weighted by Crippen LogP contribution is 2.33.